The second kappa shape index (κ2) is 6.24. The summed E-state index contributed by atoms with van der Waals surface area (Å²) in [4.78, 5) is 24.4. The highest BCUT2D eigenvalue weighted by molar-refractivity contribution is 5.97. The zero-order chi connectivity index (χ0) is 16.4. The summed E-state index contributed by atoms with van der Waals surface area (Å²) in [5.74, 6) is -1.02. The van der Waals surface area contributed by atoms with Crippen molar-refractivity contribution in [2.45, 2.75) is 26.4 Å². The van der Waals surface area contributed by atoms with Crippen LogP contribution in [-0.2, 0) is 14.3 Å². The number of rotatable bonds is 3. The van der Waals surface area contributed by atoms with Crippen LogP contribution < -0.4 is 5.32 Å². The van der Waals surface area contributed by atoms with Gasteiger partial charge in [-0.2, -0.15) is 0 Å². The van der Waals surface area contributed by atoms with E-state index < -0.39 is 12.0 Å². The molecule has 23 heavy (non-hydrogen) atoms. The largest absolute Gasteiger partial charge is 0.457 e. The number of amides is 1. The van der Waals surface area contributed by atoms with Crippen LogP contribution in [0.3, 0.4) is 0 Å². The standard InChI is InChI=1S/C19H19NO3/c1-12-7-6-10-16(13(12)2)20-19(22)15-11-17(21)23-18(15)14-8-4-3-5-9-14/h3-10,15,18H,11H2,1-2H3,(H,20,22)/t15-,18-/m1/s1. The summed E-state index contributed by atoms with van der Waals surface area (Å²) in [7, 11) is 0. The van der Waals surface area contributed by atoms with Crippen molar-refractivity contribution in [2.24, 2.45) is 5.92 Å². The lowest BCUT2D eigenvalue weighted by Crippen LogP contribution is -2.25. The summed E-state index contributed by atoms with van der Waals surface area (Å²) >= 11 is 0. The molecule has 0 spiro atoms. The van der Waals surface area contributed by atoms with Crippen LogP contribution in [-0.4, -0.2) is 11.9 Å². The average molecular weight is 309 g/mol. The molecular weight excluding hydrogens is 290 g/mol. The summed E-state index contributed by atoms with van der Waals surface area (Å²) in [5, 5.41) is 2.94. The molecule has 0 aliphatic carbocycles. The van der Waals surface area contributed by atoms with Gasteiger partial charge in [0, 0.05) is 5.69 Å². The Balaban J connectivity index is 1.83. The molecule has 0 radical (unpaired) electrons. The fourth-order valence-electron chi connectivity index (χ4n) is 2.84. The number of benzene rings is 2. The number of cyclic esters (lactones) is 1. The minimum Gasteiger partial charge on any atom is -0.457 e. The van der Waals surface area contributed by atoms with Gasteiger partial charge >= 0.3 is 5.97 Å². The van der Waals surface area contributed by atoms with E-state index in [1.54, 1.807) is 0 Å². The van der Waals surface area contributed by atoms with Gasteiger partial charge in [0.1, 0.15) is 6.10 Å². The molecule has 2 atom stereocenters. The lowest BCUT2D eigenvalue weighted by Gasteiger charge is -2.18. The summed E-state index contributed by atoms with van der Waals surface area (Å²) in [6, 6.07) is 15.2. The molecule has 0 unspecified atom stereocenters. The number of carbonyl (C=O) groups excluding carboxylic acids is 2. The first kappa shape index (κ1) is 15.3. The third kappa shape index (κ3) is 3.11. The first-order valence-electron chi connectivity index (χ1n) is 7.68. The van der Waals surface area contributed by atoms with Gasteiger partial charge in [-0.25, -0.2) is 0 Å². The van der Waals surface area contributed by atoms with Crippen molar-refractivity contribution in [1.29, 1.82) is 0 Å². The van der Waals surface area contributed by atoms with E-state index >= 15 is 0 Å². The normalized spacial score (nSPS) is 20.2. The van der Waals surface area contributed by atoms with Gasteiger partial charge in [0.25, 0.3) is 0 Å². The van der Waals surface area contributed by atoms with Gasteiger partial charge in [-0.15, -0.1) is 0 Å². The van der Waals surface area contributed by atoms with Crippen molar-refractivity contribution in [3.63, 3.8) is 0 Å². The number of aryl methyl sites for hydroxylation is 1. The van der Waals surface area contributed by atoms with Crippen LogP contribution in [0.25, 0.3) is 0 Å². The first-order valence-corrected chi connectivity index (χ1v) is 7.68. The number of anilines is 1. The third-order valence-electron chi connectivity index (χ3n) is 4.34. The Morgan fingerprint density at radius 1 is 1.09 bits per heavy atom. The summed E-state index contributed by atoms with van der Waals surface area (Å²) in [6.07, 6.45) is -0.412. The quantitative estimate of drug-likeness (QED) is 0.882. The lowest BCUT2D eigenvalue weighted by molar-refractivity contribution is -0.141. The number of carbonyl (C=O) groups is 2. The highest BCUT2D eigenvalue weighted by Gasteiger charge is 2.40. The van der Waals surface area contributed by atoms with E-state index in [0.29, 0.717) is 0 Å². The fraction of sp³-hybridized carbons (Fsp3) is 0.263. The Labute approximate surface area is 135 Å². The van der Waals surface area contributed by atoms with Gasteiger partial charge < -0.3 is 10.1 Å². The van der Waals surface area contributed by atoms with Crippen LogP contribution in [0, 0.1) is 19.8 Å². The predicted octanol–water partition coefficient (Wildman–Crippen LogP) is 3.55. The van der Waals surface area contributed by atoms with Crippen LogP contribution in [0.2, 0.25) is 0 Å². The van der Waals surface area contributed by atoms with Crippen LogP contribution in [0.15, 0.2) is 48.5 Å². The van der Waals surface area contributed by atoms with Crippen molar-refractivity contribution >= 4 is 17.6 Å². The SMILES string of the molecule is Cc1cccc(NC(=O)[C@@H]2CC(=O)O[C@@H]2c2ccccc2)c1C. The minimum absolute atomic E-state index is 0.107. The van der Waals surface area contributed by atoms with Crippen molar-refractivity contribution in [2.75, 3.05) is 5.32 Å². The van der Waals surface area contributed by atoms with E-state index in [2.05, 4.69) is 5.32 Å². The molecule has 0 aromatic heterocycles. The average Bonchev–Trinajstić information content (AvgIpc) is 2.95. The number of esters is 1. The maximum absolute atomic E-state index is 12.7. The monoisotopic (exact) mass is 309 g/mol. The zero-order valence-electron chi connectivity index (χ0n) is 13.2. The molecule has 0 bridgehead atoms. The van der Waals surface area contributed by atoms with Gasteiger partial charge in [-0.3, -0.25) is 9.59 Å². The lowest BCUT2D eigenvalue weighted by atomic mass is 9.94. The highest BCUT2D eigenvalue weighted by Crippen LogP contribution is 2.36. The van der Waals surface area contributed by atoms with Crippen LogP contribution in [0.5, 0.6) is 0 Å². The van der Waals surface area contributed by atoms with Gasteiger partial charge in [-0.05, 0) is 36.6 Å². The molecule has 1 saturated heterocycles. The maximum atomic E-state index is 12.7. The van der Waals surface area contributed by atoms with Crippen molar-refractivity contribution in [3.05, 3.63) is 65.2 Å². The van der Waals surface area contributed by atoms with Gasteiger partial charge in [0.05, 0.1) is 12.3 Å². The van der Waals surface area contributed by atoms with Crippen LogP contribution in [0.4, 0.5) is 5.69 Å². The van der Waals surface area contributed by atoms with E-state index in [9.17, 15) is 9.59 Å². The second-order valence-corrected chi connectivity index (χ2v) is 5.87. The molecule has 1 aliphatic rings. The van der Waals surface area contributed by atoms with Crippen molar-refractivity contribution in [1.82, 2.24) is 0 Å². The smallest absolute Gasteiger partial charge is 0.307 e. The fourth-order valence-corrected chi connectivity index (χ4v) is 2.84. The Bertz CT molecular complexity index is 740. The molecule has 1 heterocycles. The van der Waals surface area contributed by atoms with E-state index in [1.165, 1.54) is 0 Å². The van der Waals surface area contributed by atoms with E-state index in [0.717, 1.165) is 22.4 Å². The third-order valence-corrected chi connectivity index (χ3v) is 4.34. The van der Waals surface area contributed by atoms with Gasteiger partial charge in [0.15, 0.2) is 0 Å². The Hall–Kier alpha value is -2.62. The molecule has 118 valence electrons. The van der Waals surface area contributed by atoms with E-state index in [4.69, 9.17) is 4.74 Å². The number of hydrogen-bond acceptors (Lipinski definition) is 3. The van der Waals surface area contributed by atoms with Crippen molar-refractivity contribution < 1.29 is 14.3 Å². The summed E-state index contributed by atoms with van der Waals surface area (Å²) in [6.45, 7) is 3.97. The zero-order valence-corrected chi connectivity index (χ0v) is 13.2. The predicted molar refractivity (Wildman–Crippen MR) is 87.9 cm³/mol. The second-order valence-electron chi connectivity index (χ2n) is 5.87. The summed E-state index contributed by atoms with van der Waals surface area (Å²) < 4.78 is 5.37. The topological polar surface area (TPSA) is 55.4 Å². The van der Waals surface area contributed by atoms with Gasteiger partial charge in [-0.1, -0.05) is 42.5 Å². The molecule has 1 fully saturated rings. The number of ether oxygens (including phenoxy) is 1. The molecule has 4 heteroatoms. The molecule has 1 N–H and O–H groups in total. The van der Waals surface area contributed by atoms with Crippen LogP contribution >= 0.6 is 0 Å². The molecule has 4 nitrogen and oxygen atoms in total. The van der Waals surface area contributed by atoms with E-state index in [-0.39, 0.29) is 18.3 Å². The highest BCUT2D eigenvalue weighted by atomic mass is 16.6. The molecule has 1 aliphatic heterocycles. The van der Waals surface area contributed by atoms with Crippen molar-refractivity contribution in [3.8, 4) is 0 Å². The molecule has 3 rings (SSSR count). The number of nitrogens with one attached hydrogen (secondary N) is 1. The Kier molecular flexibility index (Phi) is 4.15. The maximum Gasteiger partial charge on any atom is 0.307 e. The first-order chi connectivity index (χ1) is 11.1. The molecule has 0 saturated carbocycles. The molecular formula is C19H19NO3. The van der Waals surface area contributed by atoms with Crippen LogP contribution in [0.1, 0.15) is 29.2 Å². The number of hydrogen-bond donors (Lipinski definition) is 1. The minimum atomic E-state index is -0.520. The molecule has 2 aromatic rings. The Morgan fingerprint density at radius 3 is 2.57 bits per heavy atom. The Morgan fingerprint density at radius 2 is 1.83 bits per heavy atom. The molecule has 2 aromatic carbocycles. The van der Waals surface area contributed by atoms with E-state index in [1.807, 2.05) is 62.4 Å². The molecule has 1 amide bonds. The van der Waals surface area contributed by atoms with Gasteiger partial charge in [0.2, 0.25) is 5.91 Å². The summed E-state index contributed by atoms with van der Waals surface area (Å²) in [5.41, 5.74) is 3.77.